The van der Waals surface area contributed by atoms with Gasteiger partial charge < -0.3 is 10.4 Å². The predicted octanol–water partition coefficient (Wildman–Crippen LogP) is 2.46. The highest BCUT2D eigenvalue weighted by Crippen LogP contribution is 2.23. The maximum absolute atomic E-state index is 11.8. The topological polar surface area (TPSA) is 66.4 Å². The highest BCUT2D eigenvalue weighted by Gasteiger charge is 2.22. The zero-order valence-electron chi connectivity index (χ0n) is 11.3. The van der Waals surface area contributed by atoms with E-state index in [1.807, 2.05) is 20.8 Å². The zero-order valence-corrected chi connectivity index (χ0v) is 12.2. The van der Waals surface area contributed by atoms with Crippen LogP contribution in [0.3, 0.4) is 0 Å². The van der Waals surface area contributed by atoms with Crippen LogP contribution in [0.2, 0.25) is 0 Å². The van der Waals surface area contributed by atoms with Crippen LogP contribution < -0.4 is 5.32 Å². The lowest BCUT2D eigenvalue weighted by Gasteiger charge is -2.19. The summed E-state index contributed by atoms with van der Waals surface area (Å²) in [5.74, 6) is -1.07. The third-order valence-electron chi connectivity index (χ3n) is 2.32. The largest absolute Gasteiger partial charge is 0.479 e. The number of hydrogen-bond donors (Lipinski definition) is 2. The van der Waals surface area contributed by atoms with Crippen molar-refractivity contribution in [3.63, 3.8) is 0 Å². The Labute approximate surface area is 117 Å². The van der Waals surface area contributed by atoms with Gasteiger partial charge >= 0.3 is 5.97 Å². The van der Waals surface area contributed by atoms with E-state index in [4.69, 9.17) is 0 Å². The summed E-state index contributed by atoms with van der Waals surface area (Å²) >= 11 is 1.49. The van der Waals surface area contributed by atoms with E-state index in [2.05, 4.69) is 5.32 Å². The minimum atomic E-state index is -1.06. The first-order chi connectivity index (χ1) is 8.79. The number of amides is 1. The van der Waals surface area contributed by atoms with Gasteiger partial charge in [-0.2, -0.15) is 0 Å². The van der Waals surface area contributed by atoms with Crippen LogP contribution in [0.25, 0.3) is 0 Å². The molecular weight excluding hydrogens is 262 g/mol. The Hall–Kier alpha value is -1.49. The summed E-state index contributed by atoms with van der Waals surface area (Å²) in [7, 11) is 0. The quantitative estimate of drug-likeness (QED) is 0.870. The van der Waals surface area contributed by atoms with Gasteiger partial charge in [0.05, 0.1) is 5.75 Å². The molecule has 0 saturated carbocycles. The first kappa shape index (κ1) is 15.6. The average Bonchev–Trinajstić information content (AvgIpc) is 2.33. The Kier molecular flexibility index (Phi) is 5.42. The second kappa shape index (κ2) is 6.61. The van der Waals surface area contributed by atoms with E-state index in [0.717, 1.165) is 0 Å². The van der Waals surface area contributed by atoms with Crippen LogP contribution in [0.4, 0.5) is 0 Å². The normalized spacial score (nSPS) is 12.8. The SMILES string of the molecule is CC(C)(C)SCC(=O)NC(C(=O)O)c1ccccc1. The molecule has 4 nitrogen and oxygen atoms in total. The molecular formula is C14H19NO3S. The molecule has 1 aromatic carbocycles. The highest BCUT2D eigenvalue weighted by molar-refractivity contribution is 8.01. The summed E-state index contributed by atoms with van der Waals surface area (Å²) in [5.41, 5.74) is 0.573. The van der Waals surface area contributed by atoms with Gasteiger partial charge in [0.2, 0.25) is 5.91 Å². The van der Waals surface area contributed by atoms with Crippen LogP contribution in [0.5, 0.6) is 0 Å². The monoisotopic (exact) mass is 281 g/mol. The lowest BCUT2D eigenvalue weighted by molar-refractivity contribution is -0.141. The first-order valence-corrected chi connectivity index (χ1v) is 6.99. The van der Waals surface area contributed by atoms with Gasteiger partial charge in [-0.25, -0.2) is 4.79 Å². The lowest BCUT2D eigenvalue weighted by Crippen LogP contribution is -2.35. The molecule has 5 heteroatoms. The van der Waals surface area contributed by atoms with Crippen molar-refractivity contribution in [1.82, 2.24) is 5.32 Å². The van der Waals surface area contributed by atoms with E-state index < -0.39 is 12.0 Å². The van der Waals surface area contributed by atoms with Gasteiger partial charge in [-0.05, 0) is 5.56 Å². The molecule has 1 unspecified atom stereocenters. The summed E-state index contributed by atoms with van der Waals surface area (Å²) < 4.78 is -0.0250. The van der Waals surface area contributed by atoms with Gasteiger partial charge in [-0.15, -0.1) is 11.8 Å². The molecule has 0 spiro atoms. The molecule has 0 aliphatic carbocycles. The standard InChI is InChI=1S/C14H19NO3S/c1-14(2,3)19-9-11(16)15-12(13(17)18)10-7-5-4-6-8-10/h4-8,12H,9H2,1-3H3,(H,15,16)(H,17,18). The molecule has 2 N–H and O–H groups in total. The van der Waals surface area contributed by atoms with E-state index in [1.54, 1.807) is 30.3 Å². The molecule has 1 aromatic rings. The molecule has 0 bridgehead atoms. The fraction of sp³-hybridized carbons (Fsp3) is 0.429. The summed E-state index contributed by atoms with van der Waals surface area (Å²) in [4.78, 5) is 23.0. The van der Waals surface area contributed by atoms with Gasteiger partial charge in [0.15, 0.2) is 6.04 Å². The van der Waals surface area contributed by atoms with Crippen LogP contribution in [0.1, 0.15) is 32.4 Å². The number of carbonyl (C=O) groups is 2. The maximum Gasteiger partial charge on any atom is 0.330 e. The highest BCUT2D eigenvalue weighted by atomic mass is 32.2. The minimum Gasteiger partial charge on any atom is -0.479 e. The van der Waals surface area contributed by atoms with Crippen LogP contribution >= 0.6 is 11.8 Å². The molecule has 0 aliphatic rings. The minimum absolute atomic E-state index is 0.0250. The van der Waals surface area contributed by atoms with Crippen molar-refractivity contribution in [3.05, 3.63) is 35.9 Å². The van der Waals surface area contributed by atoms with Crippen molar-refractivity contribution >= 4 is 23.6 Å². The summed E-state index contributed by atoms with van der Waals surface area (Å²) in [6.07, 6.45) is 0. The van der Waals surface area contributed by atoms with E-state index in [-0.39, 0.29) is 16.4 Å². The second-order valence-corrected chi connectivity index (χ2v) is 6.95. The van der Waals surface area contributed by atoms with Crippen molar-refractivity contribution in [2.45, 2.75) is 31.6 Å². The molecule has 1 atom stereocenters. The third kappa shape index (κ3) is 5.79. The Balaban J connectivity index is 2.65. The number of benzene rings is 1. The Morgan fingerprint density at radius 3 is 2.32 bits per heavy atom. The van der Waals surface area contributed by atoms with Crippen molar-refractivity contribution in [2.75, 3.05) is 5.75 Å². The molecule has 0 aromatic heterocycles. The van der Waals surface area contributed by atoms with E-state index in [9.17, 15) is 14.7 Å². The number of hydrogen-bond acceptors (Lipinski definition) is 3. The van der Waals surface area contributed by atoms with Crippen LogP contribution in [-0.4, -0.2) is 27.5 Å². The van der Waals surface area contributed by atoms with Crippen LogP contribution in [-0.2, 0) is 9.59 Å². The van der Waals surface area contributed by atoms with Crippen molar-refractivity contribution in [3.8, 4) is 0 Å². The molecule has 0 fully saturated rings. The molecule has 1 amide bonds. The van der Waals surface area contributed by atoms with Gasteiger partial charge in [0.25, 0.3) is 0 Å². The number of carboxylic acids is 1. The Morgan fingerprint density at radius 2 is 1.84 bits per heavy atom. The average molecular weight is 281 g/mol. The molecule has 0 aliphatic heterocycles. The number of aliphatic carboxylic acids is 1. The zero-order chi connectivity index (χ0) is 14.5. The summed E-state index contributed by atoms with van der Waals surface area (Å²) in [5, 5.41) is 11.7. The Morgan fingerprint density at radius 1 is 1.26 bits per heavy atom. The molecule has 0 radical (unpaired) electrons. The van der Waals surface area contributed by atoms with E-state index in [1.165, 1.54) is 11.8 Å². The number of carbonyl (C=O) groups excluding carboxylic acids is 1. The van der Waals surface area contributed by atoms with Gasteiger partial charge in [-0.1, -0.05) is 51.1 Å². The molecule has 104 valence electrons. The summed E-state index contributed by atoms with van der Waals surface area (Å²) in [6.45, 7) is 6.03. The van der Waals surface area contributed by atoms with Crippen LogP contribution in [0, 0.1) is 0 Å². The number of nitrogens with one attached hydrogen (secondary N) is 1. The van der Waals surface area contributed by atoms with Crippen LogP contribution in [0.15, 0.2) is 30.3 Å². The van der Waals surface area contributed by atoms with Crippen molar-refractivity contribution in [2.24, 2.45) is 0 Å². The first-order valence-electron chi connectivity index (χ1n) is 6.00. The van der Waals surface area contributed by atoms with Gasteiger partial charge in [-0.3, -0.25) is 4.79 Å². The van der Waals surface area contributed by atoms with E-state index in [0.29, 0.717) is 5.56 Å². The smallest absolute Gasteiger partial charge is 0.330 e. The third-order valence-corrected chi connectivity index (χ3v) is 3.59. The molecule has 0 saturated heterocycles. The lowest BCUT2D eigenvalue weighted by atomic mass is 10.1. The summed E-state index contributed by atoms with van der Waals surface area (Å²) in [6, 6.07) is 7.70. The second-order valence-electron chi connectivity index (χ2n) is 5.15. The van der Waals surface area contributed by atoms with E-state index >= 15 is 0 Å². The van der Waals surface area contributed by atoms with Gasteiger partial charge in [0, 0.05) is 4.75 Å². The van der Waals surface area contributed by atoms with Gasteiger partial charge in [0.1, 0.15) is 0 Å². The molecule has 19 heavy (non-hydrogen) atoms. The number of carboxylic acid groups (broad SMARTS) is 1. The number of rotatable bonds is 5. The van der Waals surface area contributed by atoms with Crippen molar-refractivity contribution in [1.29, 1.82) is 0 Å². The fourth-order valence-corrected chi connectivity index (χ4v) is 2.07. The number of thioether (sulfide) groups is 1. The molecule has 1 rings (SSSR count). The maximum atomic E-state index is 11.8. The van der Waals surface area contributed by atoms with Crippen molar-refractivity contribution < 1.29 is 14.7 Å². The molecule has 0 heterocycles. The predicted molar refractivity (Wildman–Crippen MR) is 77.2 cm³/mol. The fourth-order valence-electron chi connectivity index (χ4n) is 1.42. The Bertz CT molecular complexity index is 440.